The number of aromatic nitrogens is 1. The van der Waals surface area contributed by atoms with Gasteiger partial charge in [-0.25, -0.2) is 4.98 Å². The number of hydrogen-bond donors (Lipinski definition) is 1. The Labute approximate surface area is 129 Å². The van der Waals surface area contributed by atoms with Crippen LogP contribution < -0.4 is 10.1 Å². The van der Waals surface area contributed by atoms with Crippen LogP contribution in [0.5, 0.6) is 5.75 Å². The highest BCUT2D eigenvalue weighted by Gasteiger charge is 2.12. The SMILES string of the molecule is CC(C)Oc1ccccc1C(C)NCc1ncc(Cl)s1. The van der Waals surface area contributed by atoms with Gasteiger partial charge >= 0.3 is 0 Å². The van der Waals surface area contributed by atoms with Crippen LogP contribution in [0.25, 0.3) is 0 Å². The highest BCUT2D eigenvalue weighted by atomic mass is 35.5. The fourth-order valence-electron chi connectivity index (χ4n) is 1.92. The Morgan fingerprint density at radius 1 is 1.30 bits per heavy atom. The van der Waals surface area contributed by atoms with E-state index in [2.05, 4.69) is 23.3 Å². The summed E-state index contributed by atoms with van der Waals surface area (Å²) in [7, 11) is 0. The maximum absolute atomic E-state index is 5.88. The third-order valence-electron chi connectivity index (χ3n) is 2.83. The van der Waals surface area contributed by atoms with E-state index in [1.54, 1.807) is 6.20 Å². The van der Waals surface area contributed by atoms with E-state index in [-0.39, 0.29) is 12.1 Å². The molecule has 20 heavy (non-hydrogen) atoms. The van der Waals surface area contributed by atoms with Crippen molar-refractivity contribution in [3.63, 3.8) is 0 Å². The zero-order valence-electron chi connectivity index (χ0n) is 11.9. The van der Waals surface area contributed by atoms with Crippen LogP contribution in [0.2, 0.25) is 4.34 Å². The maximum Gasteiger partial charge on any atom is 0.124 e. The first-order chi connectivity index (χ1) is 9.56. The van der Waals surface area contributed by atoms with Crippen molar-refractivity contribution in [2.45, 2.75) is 39.5 Å². The first-order valence-corrected chi connectivity index (χ1v) is 7.85. The predicted octanol–water partition coefficient (Wildman–Crippen LogP) is 4.43. The van der Waals surface area contributed by atoms with E-state index in [0.717, 1.165) is 20.7 Å². The van der Waals surface area contributed by atoms with Gasteiger partial charge < -0.3 is 10.1 Å². The molecule has 1 aromatic heterocycles. The first-order valence-electron chi connectivity index (χ1n) is 6.65. The summed E-state index contributed by atoms with van der Waals surface area (Å²) in [6.07, 6.45) is 1.85. The van der Waals surface area contributed by atoms with Crippen LogP contribution in [0.15, 0.2) is 30.5 Å². The lowest BCUT2D eigenvalue weighted by Crippen LogP contribution is -2.19. The maximum atomic E-state index is 5.88. The molecule has 1 atom stereocenters. The zero-order valence-corrected chi connectivity index (χ0v) is 13.5. The Kier molecular flexibility index (Phi) is 5.40. The Bertz CT molecular complexity index is 556. The summed E-state index contributed by atoms with van der Waals surface area (Å²) in [6, 6.07) is 8.31. The van der Waals surface area contributed by atoms with Crippen LogP contribution in [-0.2, 0) is 6.54 Å². The van der Waals surface area contributed by atoms with E-state index < -0.39 is 0 Å². The number of thiazole rings is 1. The molecule has 0 bridgehead atoms. The molecule has 0 aliphatic rings. The minimum absolute atomic E-state index is 0.168. The third-order valence-corrected chi connectivity index (χ3v) is 3.95. The molecule has 3 nitrogen and oxygen atoms in total. The van der Waals surface area contributed by atoms with E-state index in [1.807, 2.05) is 32.0 Å². The Morgan fingerprint density at radius 2 is 2.05 bits per heavy atom. The average Bonchev–Trinajstić information content (AvgIpc) is 2.82. The van der Waals surface area contributed by atoms with Crippen LogP contribution >= 0.6 is 22.9 Å². The lowest BCUT2D eigenvalue weighted by molar-refractivity contribution is 0.238. The number of ether oxygens (including phenoxy) is 1. The lowest BCUT2D eigenvalue weighted by atomic mass is 10.1. The first kappa shape index (κ1) is 15.3. The molecule has 0 saturated carbocycles. The topological polar surface area (TPSA) is 34.1 Å². The molecule has 2 rings (SSSR count). The average molecular weight is 311 g/mol. The van der Waals surface area contributed by atoms with Crippen LogP contribution in [0.4, 0.5) is 0 Å². The molecule has 0 saturated heterocycles. The summed E-state index contributed by atoms with van der Waals surface area (Å²) in [5.41, 5.74) is 1.16. The smallest absolute Gasteiger partial charge is 0.124 e. The number of nitrogens with zero attached hydrogens (tertiary/aromatic N) is 1. The van der Waals surface area contributed by atoms with Gasteiger partial charge in [0.2, 0.25) is 0 Å². The summed E-state index contributed by atoms with van der Waals surface area (Å²) in [4.78, 5) is 4.25. The molecule has 108 valence electrons. The summed E-state index contributed by atoms with van der Waals surface area (Å²) < 4.78 is 6.57. The van der Waals surface area contributed by atoms with Crippen molar-refractivity contribution in [1.82, 2.24) is 10.3 Å². The minimum atomic E-state index is 0.168. The Balaban J connectivity index is 2.03. The molecule has 0 aliphatic carbocycles. The predicted molar refractivity (Wildman–Crippen MR) is 84.6 cm³/mol. The van der Waals surface area contributed by atoms with Crippen LogP contribution in [0.1, 0.15) is 37.4 Å². The Hall–Kier alpha value is -1.10. The molecule has 0 amide bonds. The van der Waals surface area contributed by atoms with Gasteiger partial charge in [0.15, 0.2) is 0 Å². The zero-order chi connectivity index (χ0) is 14.5. The lowest BCUT2D eigenvalue weighted by Gasteiger charge is -2.19. The number of hydrogen-bond acceptors (Lipinski definition) is 4. The fraction of sp³-hybridized carbons (Fsp3) is 0.400. The molecular weight excluding hydrogens is 292 g/mol. The molecule has 0 radical (unpaired) electrons. The van der Waals surface area contributed by atoms with Crippen LogP contribution in [-0.4, -0.2) is 11.1 Å². The van der Waals surface area contributed by atoms with Gasteiger partial charge in [-0.2, -0.15) is 0 Å². The molecular formula is C15H19ClN2OS. The summed E-state index contributed by atoms with van der Waals surface area (Å²) in [5, 5.41) is 4.44. The fourth-order valence-corrected chi connectivity index (χ4v) is 2.83. The van der Waals surface area contributed by atoms with Crippen LogP contribution in [0.3, 0.4) is 0 Å². The molecule has 1 heterocycles. The van der Waals surface area contributed by atoms with Gasteiger partial charge in [0.1, 0.15) is 15.1 Å². The molecule has 1 N–H and O–H groups in total. The number of rotatable bonds is 6. The second-order valence-electron chi connectivity index (χ2n) is 4.87. The molecule has 5 heteroatoms. The van der Waals surface area contributed by atoms with Gasteiger partial charge in [0, 0.05) is 18.2 Å². The van der Waals surface area contributed by atoms with Crippen molar-refractivity contribution < 1.29 is 4.74 Å². The molecule has 0 aliphatic heterocycles. The van der Waals surface area contributed by atoms with Gasteiger partial charge in [-0.1, -0.05) is 29.8 Å². The summed E-state index contributed by atoms with van der Waals surface area (Å²) in [5.74, 6) is 0.930. The monoisotopic (exact) mass is 310 g/mol. The summed E-state index contributed by atoms with van der Waals surface area (Å²) >= 11 is 7.38. The van der Waals surface area contributed by atoms with Crippen molar-refractivity contribution in [1.29, 1.82) is 0 Å². The standard InChI is InChI=1S/C15H19ClN2OS/c1-10(2)19-13-7-5-4-6-12(13)11(3)17-9-15-18-8-14(16)20-15/h4-8,10-11,17H,9H2,1-3H3. The highest BCUT2D eigenvalue weighted by Crippen LogP contribution is 2.26. The normalized spacial score (nSPS) is 12.7. The van der Waals surface area contributed by atoms with Gasteiger partial charge in [-0.3, -0.25) is 0 Å². The van der Waals surface area contributed by atoms with Crippen molar-refractivity contribution in [3.05, 3.63) is 45.4 Å². The largest absolute Gasteiger partial charge is 0.491 e. The van der Waals surface area contributed by atoms with E-state index in [1.165, 1.54) is 11.3 Å². The number of para-hydroxylation sites is 1. The molecule has 0 fully saturated rings. The van der Waals surface area contributed by atoms with Crippen molar-refractivity contribution in [2.75, 3.05) is 0 Å². The number of nitrogens with one attached hydrogen (secondary N) is 1. The summed E-state index contributed by atoms with van der Waals surface area (Å²) in [6.45, 7) is 6.89. The van der Waals surface area contributed by atoms with E-state index in [0.29, 0.717) is 6.54 Å². The number of halogens is 1. The van der Waals surface area contributed by atoms with Gasteiger partial charge in [-0.05, 0) is 26.8 Å². The van der Waals surface area contributed by atoms with Crippen LogP contribution in [0, 0.1) is 0 Å². The molecule has 1 aromatic carbocycles. The molecule has 1 unspecified atom stereocenters. The minimum Gasteiger partial charge on any atom is -0.491 e. The van der Waals surface area contributed by atoms with E-state index in [4.69, 9.17) is 16.3 Å². The quantitative estimate of drug-likeness (QED) is 0.856. The van der Waals surface area contributed by atoms with Gasteiger partial charge in [-0.15, -0.1) is 11.3 Å². The van der Waals surface area contributed by atoms with Crippen molar-refractivity contribution in [2.24, 2.45) is 0 Å². The van der Waals surface area contributed by atoms with Crippen molar-refractivity contribution in [3.8, 4) is 5.75 Å². The second-order valence-corrected chi connectivity index (χ2v) is 6.61. The van der Waals surface area contributed by atoms with Gasteiger partial charge in [0.25, 0.3) is 0 Å². The molecule has 2 aromatic rings. The Morgan fingerprint density at radius 3 is 2.70 bits per heavy atom. The second kappa shape index (κ2) is 7.07. The third kappa shape index (κ3) is 4.20. The van der Waals surface area contributed by atoms with Gasteiger partial charge in [0.05, 0.1) is 12.3 Å². The van der Waals surface area contributed by atoms with Crippen molar-refractivity contribution >= 4 is 22.9 Å². The highest BCUT2D eigenvalue weighted by molar-refractivity contribution is 7.15. The number of benzene rings is 1. The van der Waals surface area contributed by atoms with E-state index >= 15 is 0 Å². The molecule has 0 spiro atoms. The van der Waals surface area contributed by atoms with E-state index in [9.17, 15) is 0 Å².